The second-order valence-corrected chi connectivity index (χ2v) is 4.78. The summed E-state index contributed by atoms with van der Waals surface area (Å²) >= 11 is 6.02. The Kier molecular flexibility index (Phi) is 7.61. The molecule has 1 amide bonds. The van der Waals surface area contributed by atoms with E-state index in [2.05, 4.69) is 5.32 Å². The molecule has 0 heterocycles. The van der Waals surface area contributed by atoms with E-state index >= 15 is 0 Å². The molecule has 0 aliphatic carbocycles. The van der Waals surface area contributed by atoms with Crippen LogP contribution in [0, 0.1) is 0 Å². The third kappa shape index (κ3) is 6.49. The summed E-state index contributed by atoms with van der Waals surface area (Å²) in [6, 6.07) is 5.43. The maximum atomic E-state index is 11.6. The van der Waals surface area contributed by atoms with Crippen LogP contribution >= 0.6 is 11.6 Å². The molecule has 0 atom stereocenters. The molecule has 6 heteroatoms. The normalized spacial score (nSPS) is 10.0. The molecule has 0 unspecified atom stereocenters. The van der Waals surface area contributed by atoms with Crippen LogP contribution in [-0.2, 0) is 20.7 Å². The fourth-order valence-corrected chi connectivity index (χ4v) is 2.03. The highest BCUT2D eigenvalue weighted by molar-refractivity contribution is 6.32. The van der Waals surface area contributed by atoms with E-state index in [4.69, 9.17) is 21.1 Å². The molecule has 0 aliphatic rings. The first kappa shape index (κ1) is 17.3. The van der Waals surface area contributed by atoms with Crippen LogP contribution in [0.1, 0.15) is 25.3 Å². The number of methoxy groups -OCH3 is 1. The second kappa shape index (κ2) is 9.23. The van der Waals surface area contributed by atoms with Crippen molar-refractivity contribution in [1.82, 2.24) is 5.32 Å². The van der Waals surface area contributed by atoms with E-state index in [0.717, 1.165) is 5.56 Å². The van der Waals surface area contributed by atoms with Crippen molar-refractivity contribution in [3.8, 4) is 5.75 Å². The molecule has 0 bridgehead atoms. The van der Waals surface area contributed by atoms with Gasteiger partial charge >= 0.3 is 5.97 Å². The average molecular weight is 314 g/mol. The highest BCUT2D eigenvalue weighted by Crippen LogP contribution is 2.25. The zero-order chi connectivity index (χ0) is 15.7. The van der Waals surface area contributed by atoms with Crippen molar-refractivity contribution in [3.05, 3.63) is 28.8 Å². The Morgan fingerprint density at radius 2 is 2.05 bits per heavy atom. The molecule has 1 rings (SSSR count). The van der Waals surface area contributed by atoms with E-state index in [1.54, 1.807) is 26.2 Å². The van der Waals surface area contributed by atoms with E-state index in [9.17, 15) is 9.59 Å². The molecule has 116 valence electrons. The third-order valence-electron chi connectivity index (χ3n) is 2.81. The number of aryl methyl sites for hydroxylation is 1. The zero-order valence-electron chi connectivity index (χ0n) is 12.3. The maximum Gasteiger partial charge on any atom is 0.307 e. The predicted octanol–water partition coefficient (Wildman–Crippen LogP) is 2.35. The zero-order valence-corrected chi connectivity index (χ0v) is 13.0. The number of amides is 1. The SMILES string of the molecule is CCOC(=O)CCNC(=O)CCc1ccc(OC)c(Cl)c1. The average Bonchev–Trinajstić information content (AvgIpc) is 2.45. The van der Waals surface area contributed by atoms with Crippen LogP contribution in [0.4, 0.5) is 0 Å². The molecule has 21 heavy (non-hydrogen) atoms. The highest BCUT2D eigenvalue weighted by Gasteiger charge is 2.06. The Balaban J connectivity index is 2.30. The molecule has 1 aromatic rings. The van der Waals surface area contributed by atoms with Crippen molar-refractivity contribution in [2.24, 2.45) is 0 Å². The standard InChI is InChI=1S/C15H20ClNO4/c1-3-21-15(19)8-9-17-14(18)7-5-11-4-6-13(20-2)12(16)10-11/h4,6,10H,3,5,7-9H2,1-2H3,(H,17,18). The molecule has 1 aromatic carbocycles. The largest absolute Gasteiger partial charge is 0.495 e. The van der Waals surface area contributed by atoms with Crippen molar-refractivity contribution in [2.45, 2.75) is 26.2 Å². The van der Waals surface area contributed by atoms with E-state index < -0.39 is 0 Å². The topological polar surface area (TPSA) is 64.6 Å². The van der Waals surface area contributed by atoms with Crippen LogP contribution in [0.5, 0.6) is 5.75 Å². The number of rotatable bonds is 8. The van der Waals surface area contributed by atoms with Crippen LogP contribution in [-0.4, -0.2) is 32.1 Å². The summed E-state index contributed by atoms with van der Waals surface area (Å²) in [6.45, 7) is 2.39. The van der Waals surface area contributed by atoms with Gasteiger partial charge in [-0.15, -0.1) is 0 Å². The molecule has 0 aliphatic heterocycles. The third-order valence-corrected chi connectivity index (χ3v) is 3.11. The van der Waals surface area contributed by atoms with E-state index in [-0.39, 0.29) is 18.3 Å². The number of halogens is 1. The van der Waals surface area contributed by atoms with Gasteiger partial charge in [-0.3, -0.25) is 9.59 Å². The van der Waals surface area contributed by atoms with Gasteiger partial charge in [0.15, 0.2) is 0 Å². The Labute approximate surface area is 129 Å². The molecule has 0 spiro atoms. The van der Waals surface area contributed by atoms with Gasteiger partial charge in [0, 0.05) is 13.0 Å². The minimum atomic E-state index is -0.306. The number of nitrogens with one attached hydrogen (secondary N) is 1. The molecular weight excluding hydrogens is 294 g/mol. The van der Waals surface area contributed by atoms with Crippen LogP contribution in [0.3, 0.4) is 0 Å². The lowest BCUT2D eigenvalue weighted by atomic mass is 10.1. The van der Waals surface area contributed by atoms with Gasteiger partial charge in [0.25, 0.3) is 0 Å². The number of benzene rings is 1. The number of esters is 1. The first-order chi connectivity index (χ1) is 10.1. The van der Waals surface area contributed by atoms with Crippen molar-refractivity contribution < 1.29 is 19.1 Å². The highest BCUT2D eigenvalue weighted by atomic mass is 35.5. The van der Waals surface area contributed by atoms with Crippen LogP contribution < -0.4 is 10.1 Å². The molecule has 0 aromatic heterocycles. The maximum absolute atomic E-state index is 11.6. The van der Waals surface area contributed by atoms with E-state index in [1.807, 2.05) is 6.07 Å². The van der Waals surface area contributed by atoms with Gasteiger partial charge in [0.2, 0.25) is 5.91 Å². The van der Waals surface area contributed by atoms with Crippen LogP contribution in [0.2, 0.25) is 5.02 Å². The van der Waals surface area contributed by atoms with E-state index in [0.29, 0.717) is 36.8 Å². The van der Waals surface area contributed by atoms with Crippen molar-refractivity contribution in [3.63, 3.8) is 0 Å². The Hall–Kier alpha value is -1.75. The summed E-state index contributed by atoms with van der Waals surface area (Å²) < 4.78 is 9.84. The summed E-state index contributed by atoms with van der Waals surface area (Å²) in [5.41, 5.74) is 0.960. The minimum absolute atomic E-state index is 0.105. The number of carbonyl (C=O) groups excluding carboxylic acids is 2. The number of hydrogen-bond acceptors (Lipinski definition) is 4. The first-order valence-electron chi connectivity index (χ1n) is 6.81. The van der Waals surface area contributed by atoms with Gasteiger partial charge in [0.1, 0.15) is 5.75 Å². The lowest BCUT2D eigenvalue weighted by Gasteiger charge is -2.07. The first-order valence-corrected chi connectivity index (χ1v) is 7.19. The molecule has 0 saturated heterocycles. The van der Waals surface area contributed by atoms with Gasteiger partial charge in [-0.1, -0.05) is 17.7 Å². The number of carbonyl (C=O) groups is 2. The van der Waals surface area contributed by atoms with Crippen molar-refractivity contribution in [2.75, 3.05) is 20.3 Å². The summed E-state index contributed by atoms with van der Waals surface area (Å²) in [5.74, 6) is 0.199. The Morgan fingerprint density at radius 3 is 2.67 bits per heavy atom. The summed E-state index contributed by atoms with van der Waals surface area (Å²) in [5, 5.41) is 3.21. The van der Waals surface area contributed by atoms with E-state index in [1.165, 1.54) is 0 Å². The second-order valence-electron chi connectivity index (χ2n) is 4.37. The molecule has 0 fully saturated rings. The minimum Gasteiger partial charge on any atom is -0.495 e. The summed E-state index contributed by atoms with van der Waals surface area (Å²) in [6.07, 6.45) is 1.11. The van der Waals surface area contributed by atoms with Gasteiger partial charge in [0.05, 0.1) is 25.2 Å². The number of ether oxygens (including phenoxy) is 2. The molecule has 5 nitrogen and oxygen atoms in total. The number of hydrogen-bond donors (Lipinski definition) is 1. The predicted molar refractivity (Wildman–Crippen MR) is 80.6 cm³/mol. The van der Waals surface area contributed by atoms with Gasteiger partial charge in [-0.05, 0) is 31.0 Å². The van der Waals surface area contributed by atoms with Crippen LogP contribution in [0.25, 0.3) is 0 Å². The molecule has 1 N–H and O–H groups in total. The fourth-order valence-electron chi connectivity index (χ4n) is 1.75. The summed E-state index contributed by atoms with van der Waals surface area (Å²) in [7, 11) is 1.55. The quantitative estimate of drug-likeness (QED) is 0.748. The monoisotopic (exact) mass is 313 g/mol. The van der Waals surface area contributed by atoms with Gasteiger partial charge < -0.3 is 14.8 Å². The molecular formula is C15H20ClNO4. The Bertz CT molecular complexity index is 491. The van der Waals surface area contributed by atoms with Crippen molar-refractivity contribution in [1.29, 1.82) is 0 Å². The summed E-state index contributed by atoms with van der Waals surface area (Å²) in [4.78, 5) is 22.7. The Morgan fingerprint density at radius 1 is 1.29 bits per heavy atom. The lowest BCUT2D eigenvalue weighted by molar-refractivity contribution is -0.143. The molecule has 0 radical (unpaired) electrons. The molecule has 0 saturated carbocycles. The smallest absolute Gasteiger partial charge is 0.307 e. The fraction of sp³-hybridized carbons (Fsp3) is 0.467. The van der Waals surface area contributed by atoms with Gasteiger partial charge in [-0.25, -0.2) is 0 Å². The van der Waals surface area contributed by atoms with Gasteiger partial charge in [-0.2, -0.15) is 0 Å². The lowest BCUT2D eigenvalue weighted by Crippen LogP contribution is -2.26. The van der Waals surface area contributed by atoms with Crippen LogP contribution in [0.15, 0.2) is 18.2 Å². The van der Waals surface area contributed by atoms with Crippen molar-refractivity contribution >= 4 is 23.5 Å².